The van der Waals surface area contributed by atoms with E-state index in [4.69, 9.17) is 10.9 Å². The number of nitrogens with zero attached hydrogens (tertiary/aromatic N) is 1. The van der Waals surface area contributed by atoms with Gasteiger partial charge < -0.3 is 16.3 Å². The fraction of sp³-hybridized carbons (Fsp3) is 0.500. The predicted molar refractivity (Wildman–Crippen MR) is 72.9 cm³/mol. The fourth-order valence-electron chi connectivity index (χ4n) is 2.66. The van der Waals surface area contributed by atoms with Gasteiger partial charge in [0.2, 0.25) is 0 Å². The van der Waals surface area contributed by atoms with E-state index in [2.05, 4.69) is 41.7 Å². The van der Waals surface area contributed by atoms with Crippen LogP contribution in [0.2, 0.25) is 0 Å². The van der Waals surface area contributed by atoms with Crippen molar-refractivity contribution in [3.05, 3.63) is 35.4 Å². The van der Waals surface area contributed by atoms with Gasteiger partial charge >= 0.3 is 0 Å². The van der Waals surface area contributed by atoms with Gasteiger partial charge in [0.15, 0.2) is 0 Å². The Kier molecular flexibility index (Phi) is 4.20. The smallest absolute Gasteiger partial charge is 0.140 e. The first kappa shape index (κ1) is 12.9. The minimum atomic E-state index is 0.233. The Hall–Kier alpha value is -1.55. The Labute approximate surface area is 108 Å². The van der Waals surface area contributed by atoms with Crippen molar-refractivity contribution >= 4 is 5.84 Å². The molecule has 1 aliphatic carbocycles. The SMILES string of the molecule is CC(CC(N)=NO)NC1CCc2ccccc2C1. The number of nitrogens with one attached hydrogen (secondary N) is 1. The second-order valence-electron chi connectivity index (χ2n) is 5.07. The molecule has 0 aromatic heterocycles. The average Bonchev–Trinajstić information content (AvgIpc) is 2.38. The largest absolute Gasteiger partial charge is 0.409 e. The molecule has 0 fully saturated rings. The van der Waals surface area contributed by atoms with Crippen LogP contribution in [-0.2, 0) is 12.8 Å². The second kappa shape index (κ2) is 5.87. The third-order valence-electron chi connectivity index (χ3n) is 3.51. The van der Waals surface area contributed by atoms with Crippen molar-refractivity contribution in [1.29, 1.82) is 0 Å². The Morgan fingerprint density at radius 2 is 2.22 bits per heavy atom. The maximum absolute atomic E-state index is 8.55. The highest BCUT2D eigenvalue weighted by molar-refractivity contribution is 5.80. The van der Waals surface area contributed by atoms with Crippen LogP contribution in [0, 0.1) is 0 Å². The number of oxime groups is 1. The van der Waals surface area contributed by atoms with E-state index >= 15 is 0 Å². The molecule has 4 heteroatoms. The van der Waals surface area contributed by atoms with Gasteiger partial charge in [-0.15, -0.1) is 0 Å². The summed E-state index contributed by atoms with van der Waals surface area (Å²) in [5, 5.41) is 15.1. The van der Waals surface area contributed by atoms with Crippen LogP contribution in [0.1, 0.15) is 30.9 Å². The number of rotatable bonds is 4. The minimum absolute atomic E-state index is 0.233. The van der Waals surface area contributed by atoms with Gasteiger partial charge in [0.1, 0.15) is 5.84 Å². The lowest BCUT2D eigenvalue weighted by Crippen LogP contribution is -2.41. The van der Waals surface area contributed by atoms with Crippen molar-refractivity contribution in [2.75, 3.05) is 0 Å². The first-order valence-electron chi connectivity index (χ1n) is 6.48. The van der Waals surface area contributed by atoms with Crippen molar-refractivity contribution in [3.8, 4) is 0 Å². The fourth-order valence-corrected chi connectivity index (χ4v) is 2.66. The molecule has 0 amide bonds. The molecule has 1 aromatic carbocycles. The third kappa shape index (κ3) is 3.23. The van der Waals surface area contributed by atoms with Crippen LogP contribution in [0.4, 0.5) is 0 Å². The number of aryl methyl sites for hydroxylation is 1. The van der Waals surface area contributed by atoms with E-state index < -0.39 is 0 Å². The number of benzene rings is 1. The summed E-state index contributed by atoms with van der Waals surface area (Å²) in [4.78, 5) is 0. The highest BCUT2D eigenvalue weighted by Gasteiger charge is 2.19. The van der Waals surface area contributed by atoms with Crippen LogP contribution < -0.4 is 11.1 Å². The Morgan fingerprint density at radius 1 is 1.50 bits per heavy atom. The van der Waals surface area contributed by atoms with E-state index in [1.807, 2.05) is 0 Å². The maximum atomic E-state index is 8.55. The lowest BCUT2D eigenvalue weighted by molar-refractivity contribution is 0.315. The molecule has 0 radical (unpaired) electrons. The van der Waals surface area contributed by atoms with Gasteiger partial charge in [-0.05, 0) is 37.3 Å². The summed E-state index contributed by atoms with van der Waals surface area (Å²) < 4.78 is 0. The number of nitrogens with two attached hydrogens (primary N) is 1. The summed E-state index contributed by atoms with van der Waals surface area (Å²) in [6.07, 6.45) is 3.92. The lowest BCUT2D eigenvalue weighted by atomic mass is 9.88. The van der Waals surface area contributed by atoms with Gasteiger partial charge in [-0.2, -0.15) is 0 Å². The van der Waals surface area contributed by atoms with Crippen LogP contribution in [0.25, 0.3) is 0 Å². The van der Waals surface area contributed by atoms with E-state index in [0.717, 1.165) is 19.3 Å². The normalized spacial score (nSPS) is 21.4. The molecule has 98 valence electrons. The molecule has 0 aliphatic heterocycles. The number of amidine groups is 1. The van der Waals surface area contributed by atoms with E-state index in [1.165, 1.54) is 11.1 Å². The maximum Gasteiger partial charge on any atom is 0.140 e. The molecular weight excluding hydrogens is 226 g/mol. The monoisotopic (exact) mass is 247 g/mol. The molecule has 1 aromatic rings. The van der Waals surface area contributed by atoms with E-state index in [-0.39, 0.29) is 11.9 Å². The Balaban J connectivity index is 1.90. The lowest BCUT2D eigenvalue weighted by Gasteiger charge is -2.28. The van der Waals surface area contributed by atoms with Gasteiger partial charge in [-0.3, -0.25) is 0 Å². The average molecular weight is 247 g/mol. The van der Waals surface area contributed by atoms with Gasteiger partial charge in [0.25, 0.3) is 0 Å². The molecule has 0 spiro atoms. The zero-order valence-corrected chi connectivity index (χ0v) is 10.8. The molecule has 18 heavy (non-hydrogen) atoms. The van der Waals surface area contributed by atoms with E-state index in [0.29, 0.717) is 12.5 Å². The van der Waals surface area contributed by atoms with Crippen molar-refractivity contribution in [1.82, 2.24) is 5.32 Å². The van der Waals surface area contributed by atoms with Gasteiger partial charge in [0, 0.05) is 18.5 Å². The number of fused-ring (bicyclic) bond motifs is 1. The highest BCUT2D eigenvalue weighted by atomic mass is 16.4. The highest BCUT2D eigenvalue weighted by Crippen LogP contribution is 2.21. The zero-order chi connectivity index (χ0) is 13.0. The molecule has 0 bridgehead atoms. The quantitative estimate of drug-likeness (QED) is 0.328. The molecule has 2 rings (SSSR count). The van der Waals surface area contributed by atoms with Crippen molar-refractivity contribution in [2.24, 2.45) is 10.9 Å². The molecule has 4 nitrogen and oxygen atoms in total. The number of hydrogen-bond acceptors (Lipinski definition) is 3. The predicted octanol–water partition coefficient (Wildman–Crippen LogP) is 1.66. The molecule has 4 N–H and O–H groups in total. The van der Waals surface area contributed by atoms with Crippen LogP contribution in [0.15, 0.2) is 29.4 Å². The van der Waals surface area contributed by atoms with Crippen molar-refractivity contribution in [3.63, 3.8) is 0 Å². The minimum Gasteiger partial charge on any atom is -0.409 e. The summed E-state index contributed by atoms with van der Waals surface area (Å²) in [7, 11) is 0. The summed E-state index contributed by atoms with van der Waals surface area (Å²) in [5.41, 5.74) is 8.43. The van der Waals surface area contributed by atoms with Crippen molar-refractivity contribution in [2.45, 2.75) is 44.7 Å². The standard InChI is InChI=1S/C14H21N3O/c1-10(8-14(15)17-18)16-13-7-6-11-4-2-3-5-12(11)9-13/h2-5,10,13,16,18H,6-9H2,1H3,(H2,15,17). The number of hydrogen-bond donors (Lipinski definition) is 3. The Bertz CT molecular complexity index is 431. The topological polar surface area (TPSA) is 70.6 Å². The molecular formula is C14H21N3O. The van der Waals surface area contributed by atoms with Gasteiger partial charge in [-0.25, -0.2) is 0 Å². The van der Waals surface area contributed by atoms with E-state index in [9.17, 15) is 0 Å². The molecule has 0 saturated carbocycles. The molecule has 2 unspecified atom stereocenters. The van der Waals surface area contributed by atoms with Gasteiger partial charge in [-0.1, -0.05) is 29.4 Å². The summed E-state index contributed by atoms with van der Waals surface area (Å²) >= 11 is 0. The molecule has 0 heterocycles. The van der Waals surface area contributed by atoms with Crippen LogP contribution in [-0.4, -0.2) is 23.1 Å². The van der Waals surface area contributed by atoms with Gasteiger partial charge in [0.05, 0.1) is 0 Å². The van der Waals surface area contributed by atoms with Crippen LogP contribution in [0.3, 0.4) is 0 Å². The molecule has 1 aliphatic rings. The summed E-state index contributed by atoms with van der Waals surface area (Å²) in [5.74, 6) is 0.284. The second-order valence-corrected chi connectivity index (χ2v) is 5.07. The first-order valence-corrected chi connectivity index (χ1v) is 6.48. The zero-order valence-electron chi connectivity index (χ0n) is 10.8. The van der Waals surface area contributed by atoms with Crippen LogP contribution >= 0.6 is 0 Å². The molecule has 0 saturated heterocycles. The third-order valence-corrected chi connectivity index (χ3v) is 3.51. The summed E-state index contributed by atoms with van der Waals surface area (Å²) in [6.45, 7) is 2.07. The van der Waals surface area contributed by atoms with E-state index in [1.54, 1.807) is 0 Å². The van der Waals surface area contributed by atoms with Crippen LogP contribution in [0.5, 0.6) is 0 Å². The summed E-state index contributed by atoms with van der Waals surface area (Å²) in [6, 6.07) is 9.34. The first-order chi connectivity index (χ1) is 8.69. The molecule has 2 atom stereocenters. The Morgan fingerprint density at radius 3 is 2.94 bits per heavy atom. The van der Waals surface area contributed by atoms with Crippen molar-refractivity contribution < 1.29 is 5.21 Å².